The summed E-state index contributed by atoms with van der Waals surface area (Å²) in [5.41, 5.74) is 0.0700. The van der Waals surface area contributed by atoms with Crippen molar-refractivity contribution in [2.45, 2.75) is 69.7 Å². The highest BCUT2D eigenvalue weighted by Crippen LogP contribution is 2.49. The molecule has 6 nitrogen and oxygen atoms in total. The van der Waals surface area contributed by atoms with E-state index in [1.165, 1.54) is 0 Å². The van der Waals surface area contributed by atoms with Crippen molar-refractivity contribution in [1.82, 2.24) is 0 Å². The van der Waals surface area contributed by atoms with Crippen molar-refractivity contribution in [3.05, 3.63) is 0 Å². The zero-order chi connectivity index (χ0) is 16.4. The van der Waals surface area contributed by atoms with Crippen molar-refractivity contribution < 1.29 is 28.9 Å². The van der Waals surface area contributed by atoms with Crippen LogP contribution in [-0.4, -0.2) is 48.1 Å². The smallest absolute Gasteiger partial charge is 0.344 e. The Bertz CT molecular complexity index is 464. The number of hydrogen-bond donors (Lipinski definition) is 1. The van der Waals surface area contributed by atoms with E-state index in [4.69, 9.17) is 14.2 Å². The van der Waals surface area contributed by atoms with E-state index < -0.39 is 18.0 Å². The lowest BCUT2D eigenvalue weighted by molar-refractivity contribution is -0.163. The number of aliphatic hydroxyl groups is 1. The first kappa shape index (κ1) is 16.7. The van der Waals surface area contributed by atoms with Crippen molar-refractivity contribution in [2.75, 3.05) is 13.2 Å². The summed E-state index contributed by atoms with van der Waals surface area (Å²) in [5, 5.41) is 9.57. The molecular formula is C17H26O6. The summed E-state index contributed by atoms with van der Waals surface area (Å²) < 4.78 is 15.9. The van der Waals surface area contributed by atoms with E-state index in [-0.39, 0.29) is 18.1 Å². The third kappa shape index (κ3) is 4.23. The highest BCUT2D eigenvalue weighted by Gasteiger charge is 2.55. The molecule has 0 spiro atoms. The van der Waals surface area contributed by atoms with Gasteiger partial charge in [0.1, 0.15) is 0 Å². The van der Waals surface area contributed by atoms with Gasteiger partial charge in [-0.2, -0.15) is 0 Å². The van der Waals surface area contributed by atoms with Gasteiger partial charge in [0.15, 0.2) is 6.61 Å². The fraction of sp³-hybridized carbons (Fsp3) is 0.882. The first-order chi connectivity index (χ1) is 11.0. The summed E-state index contributed by atoms with van der Waals surface area (Å²) in [6.45, 7) is 2.16. The van der Waals surface area contributed by atoms with E-state index in [9.17, 15) is 14.7 Å². The third-order valence-corrected chi connectivity index (χ3v) is 5.42. The molecule has 0 aromatic carbocycles. The lowest BCUT2D eigenvalue weighted by Crippen LogP contribution is -2.29. The zero-order valence-corrected chi connectivity index (χ0v) is 13.7. The van der Waals surface area contributed by atoms with Gasteiger partial charge in [-0.25, -0.2) is 4.79 Å². The number of hydrogen-bond acceptors (Lipinski definition) is 6. The number of fused-ring (bicyclic) bond motifs is 1. The largest absolute Gasteiger partial charge is 0.463 e. The van der Waals surface area contributed by atoms with Crippen LogP contribution in [0.25, 0.3) is 0 Å². The molecule has 23 heavy (non-hydrogen) atoms. The monoisotopic (exact) mass is 326 g/mol. The molecule has 3 fully saturated rings. The van der Waals surface area contributed by atoms with Gasteiger partial charge in [-0.15, -0.1) is 0 Å². The Kier molecular flexibility index (Phi) is 4.92. The fourth-order valence-corrected chi connectivity index (χ4v) is 3.75. The molecular weight excluding hydrogens is 300 g/mol. The molecule has 0 bridgehead atoms. The van der Waals surface area contributed by atoms with E-state index in [1.807, 2.05) is 0 Å². The lowest BCUT2D eigenvalue weighted by Gasteiger charge is -2.24. The fourth-order valence-electron chi connectivity index (χ4n) is 3.75. The second-order valence-corrected chi connectivity index (χ2v) is 7.37. The molecule has 5 atom stereocenters. The van der Waals surface area contributed by atoms with Crippen LogP contribution in [0.5, 0.6) is 0 Å². The van der Waals surface area contributed by atoms with Gasteiger partial charge in [-0.05, 0) is 51.4 Å². The van der Waals surface area contributed by atoms with Crippen LogP contribution in [0, 0.1) is 11.8 Å². The second-order valence-electron chi connectivity index (χ2n) is 7.37. The molecule has 3 rings (SSSR count). The van der Waals surface area contributed by atoms with Gasteiger partial charge in [-0.3, -0.25) is 4.79 Å². The van der Waals surface area contributed by atoms with Crippen LogP contribution in [0.15, 0.2) is 0 Å². The minimum atomic E-state index is -0.500. The lowest BCUT2D eigenvalue weighted by atomic mass is 9.83. The van der Waals surface area contributed by atoms with E-state index in [1.54, 1.807) is 0 Å². The number of esters is 2. The van der Waals surface area contributed by atoms with Gasteiger partial charge in [0.25, 0.3) is 0 Å². The van der Waals surface area contributed by atoms with E-state index in [2.05, 4.69) is 6.92 Å². The first-order valence-corrected chi connectivity index (χ1v) is 8.64. The van der Waals surface area contributed by atoms with Crippen molar-refractivity contribution in [3.8, 4) is 0 Å². The van der Waals surface area contributed by atoms with Crippen molar-refractivity contribution in [2.24, 2.45) is 11.8 Å². The van der Waals surface area contributed by atoms with Gasteiger partial charge in [0, 0.05) is 0 Å². The maximum atomic E-state index is 11.9. The van der Waals surface area contributed by atoms with Gasteiger partial charge >= 0.3 is 11.9 Å². The van der Waals surface area contributed by atoms with Gasteiger partial charge < -0.3 is 19.3 Å². The van der Waals surface area contributed by atoms with Crippen LogP contribution in [0.4, 0.5) is 0 Å². The van der Waals surface area contributed by atoms with Gasteiger partial charge in [-0.1, -0.05) is 6.42 Å². The number of ether oxygens (including phenoxy) is 3. The van der Waals surface area contributed by atoms with Crippen LogP contribution in [0.1, 0.15) is 51.9 Å². The Balaban J connectivity index is 1.31. The molecule has 0 amide bonds. The molecule has 1 heterocycles. The van der Waals surface area contributed by atoms with Crippen LogP contribution >= 0.6 is 0 Å². The molecule has 1 saturated heterocycles. The van der Waals surface area contributed by atoms with Crippen LogP contribution < -0.4 is 0 Å². The van der Waals surface area contributed by atoms with E-state index in [0.717, 1.165) is 32.1 Å². The molecule has 2 aliphatic carbocycles. The molecule has 0 radical (unpaired) electrons. The highest BCUT2D eigenvalue weighted by molar-refractivity contribution is 5.77. The average molecular weight is 326 g/mol. The quantitative estimate of drug-likeness (QED) is 0.610. The molecule has 6 heteroatoms. The van der Waals surface area contributed by atoms with Crippen molar-refractivity contribution >= 4 is 11.9 Å². The first-order valence-electron chi connectivity index (χ1n) is 8.64. The Labute approximate surface area is 136 Å². The maximum absolute atomic E-state index is 11.9. The molecule has 0 aromatic rings. The van der Waals surface area contributed by atoms with E-state index >= 15 is 0 Å². The van der Waals surface area contributed by atoms with Crippen molar-refractivity contribution in [3.63, 3.8) is 0 Å². The van der Waals surface area contributed by atoms with Crippen LogP contribution in [0.3, 0.4) is 0 Å². The number of epoxide rings is 1. The normalized spacial score (nSPS) is 39.2. The third-order valence-electron chi connectivity index (χ3n) is 5.42. The topological polar surface area (TPSA) is 85.4 Å². The van der Waals surface area contributed by atoms with E-state index in [0.29, 0.717) is 31.5 Å². The minimum absolute atomic E-state index is 0.0700. The maximum Gasteiger partial charge on any atom is 0.344 e. The predicted octanol–water partition coefficient (Wildman–Crippen LogP) is 1.58. The standard InChI is InChI=1S/C17H26O6/c1-17-6-5-11(7-14(17)23-17)9-21-15(19)10-22-16(20)12-3-2-4-13(18)8-12/h11-14,18H,2-10H2,1H3/t11?,12?,13-,14?,17?/m1/s1. The average Bonchev–Trinajstić information content (AvgIpc) is 3.21. The summed E-state index contributed by atoms with van der Waals surface area (Å²) in [6, 6.07) is 0. The number of rotatable bonds is 5. The van der Waals surface area contributed by atoms with Gasteiger partial charge in [0.05, 0.1) is 30.3 Å². The molecule has 3 aliphatic rings. The summed E-state index contributed by atoms with van der Waals surface area (Å²) in [4.78, 5) is 23.6. The number of carbonyl (C=O) groups excluding carboxylic acids is 2. The highest BCUT2D eigenvalue weighted by atomic mass is 16.6. The van der Waals surface area contributed by atoms with Gasteiger partial charge in [0.2, 0.25) is 0 Å². The Hall–Kier alpha value is -1.14. The summed E-state index contributed by atoms with van der Waals surface area (Å²) in [5.74, 6) is -0.862. The Morgan fingerprint density at radius 2 is 2.04 bits per heavy atom. The summed E-state index contributed by atoms with van der Waals surface area (Å²) >= 11 is 0. The molecule has 0 aromatic heterocycles. The zero-order valence-electron chi connectivity index (χ0n) is 13.7. The molecule has 4 unspecified atom stereocenters. The summed E-state index contributed by atoms with van der Waals surface area (Å²) in [6.07, 6.45) is 5.52. The molecule has 2 saturated carbocycles. The number of aliphatic hydroxyl groups excluding tert-OH is 1. The summed E-state index contributed by atoms with van der Waals surface area (Å²) in [7, 11) is 0. The molecule has 130 valence electrons. The molecule has 1 aliphatic heterocycles. The minimum Gasteiger partial charge on any atom is -0.463 e. The predicted molar refractivity (Wildman–Crippen MR) is 80.5 cm³/mol. The van der Waals surface area contributed by atoms with Crippen molar-refractivity contribution in [1.29, 1.82) is 0 Å². The van der Waals surface area contributed by atoms with Crippen LogP contribution in [-0.2, 0) is 23.8 Å². The Morgan fingerprint density at radius 3 is 2.78 bits per heavy atom. The number of carbonyl (C=O) groups is 2. The SMILES string of the molecule is CC12CCC(COC(=O)COC(=O)C3CCC[C@@H](O)C3)CC1O2. The molecule has 1 N–H and O–H groups in total. The second kappa shape index (κ2) is 6.77. The van der Waals surface area contributed by atoms with Crippen LogP contribution in [0.2, 0.25) is 0 Å². The Morgan fingerprint density at radius 1 is 1.22 bits per heavy atom.